The van der Waals surface area contributed by atoms with Crippen LogP contribution in [0.25, 0.3) is 11.3 Å². The second kappa shape index (κ2) is 8.12. The van der Waals surface area contributed by atoms with Crippen LogP contribution in [0.5, 0.6) is 0 Å². The fraction of sp³-hybridized carbons (Fsp3) is 0.421. The molecule has 2 heterocycles. The molecule has 3 rings (SSSR count). The van der Waals surface area contributed by atoms with Gasteiger partial charge >= 0.3 is 0 Å². The maximum absolute atomic E-state index is 12.2. The van der Waals surface area contributed by atoms with E-state index in [-0.39, 0.29) is 30.0 Å². The average molecular weight is 401 g/mol. The van der Waals surface area contributed by atoms with Gasteiger partial charge in [0.25, 0.3) is 0 Å². The monoisotopic (exact) mass is 401 g/mol. The van der Waals surface area contributed by atoms with E-state index in [1.54, 1.807) is 16.8 Å². The number of amides is 1. The van der Waals surface area contributed by atoms with E-state index in [1.165, 1.54) is 0 Å². The largest absolute Gasteiger partial charge is 0.351 e. The molecule has 0 saturated carbocycles. The van der Waals surface area contributed by atoms with Gasteiger partial charge in [-0.05, 0) is 25.6 Å². The first-order valence-corrected chi connectivity index (χ1v) is 10.8. The van der Waals surface area contributed by atoms with Gasteiger partial charge in [0.15, 0.2) is 9.84 Å². The van der Waals surface area contributed by atoms with E-state index in [2.05, 4.69) is 16.5 Å². The Morgan fingerprint density at radius 3 is 2.71 bits per heavy atom. The molecule has 1 aromatic carbocycles. The number of hydrogen-bond acceptors (Lipinski definition) is 6. The van der Waals surface area contributed by atoms with Crippen molar-refractivity contribution in [2.24, 2.45) is 7.05 Å². The zero-order valence-corrected chi connectivity index (χ0v) is 16.7. The lowest BCUT2D eigenvalue weighted by Gasteiger charge is -2.18. The van der Waals surface area contributed by atoms with Crippen LogP contribution in [0.15, 0.2) is 30.5 Å². The highest BCUT2D eigenvalue weighted by Gasteiger charge is 2.29. The number of aryl methyl sites for hydroxylation is 1. The number of benzene rings is 1. The first kappa shape index (κ1) is 20.0. The normalized spacial score (nSPS) is 18.1. The standard InChI is InChI=1S/C19H23N5O3S/c1-23(12-18(25)21-17-7-8-28(26,27)13-17)10-16-11-24(2)22-19(16)15-5-3-14(9-20)4-6-15/h3-6,11,17H,7-8,10,12-13H2,1-2H3,(H,21,25). The fourth-order valence-corrected chi connectivity index (χ4v) is 5.05. The minimum absolute atomic E-state index is 0.0217. The number of aromatic nitrogens is 2. The molecule has 8 nitrogen and oxygen atoms in total. The summed E-state index contributed by atoms with van der Waals surface area (Å²) in [7, 11) is 0.655. The predicted octanol–water partition coefficient (Wildman–Crippen LogP) is 0.694. The van der Waals surface area contributed by atoms with Crippen LogP contribution >= 0.6 is 0 Å². The average Bonchev–Trinajstić information content (AvgIpc) is 3.16. The summed E-state index contributed by atoms with van der Waals surface area (Å²) in [6.45, 7) is 0.678. The molecule has 1 unspecified atom stereocenters. The number of nitrogens with zero attached hydrogens (tertiary/aromatic N) is 4. The van der Waals surface area contributed by atoms with Gasteiger partial charge in [-0.3, -0.25) is 14.4 Å². The van der Waals surface area contributed by atoms with Gasteiger partial charge in [0.1, 0.15) is 0 Å². The Labute approximate surface area is 164 Å². The zero-order chi connectivity index (χ0) is 20.3. The van der Waals surface area contributed by atoms with E-state index < -0.39 is 9.84 Å². The number of nitriles is 1. The van der Waals surface area contributed by atoms with Gasteiger partial charge < -0.3 is 5.32 Å². The lowest BCUT2D eigenvalue weighted by Crippen LogP contribution is -2.41. The van der Waals surface area contributed by atoms with Crippen molar-refractivity contribution in [2.45, 2.75) is 19.0 Å². The highest BCUT2D eigenvalue weighted by Crippen LogP contribution is 2.23. The maximum Gasteiger partial charge on any atom is 0.234 e. The van der Waals surface area contributed by atoms with Gasteiger partial charge in [-0.25, -0.2) is 8.42 Å². The minimum Gasteiger partial charge on any atom is -0.351 e. The third-order valence-electron chi connectivity index (χ3n) is 4.64. The molecule has 0 radical (unpaired) electrons. The minimum atomic E-state index is -3.02. The highest BCUT2D eigenvalue weighted by atomic mass is 32.2. The molecular weight excluding hydrogens is 378 g/mol. The van der Waals surface area contributed by atoms with Crippen molar-refractivity contribution in [3.63, 3.8) is 0 Å². The molecule has 1 N–H and O–H groups in total. The highest BCUT2D eigenvalue weighted by molar-refractivity contribution is 7.91. The maximum atomic E-state index is 12.2. The fourth-order valence-electron chi connectivity index (χ4n) is 3.37. The second-order valence-corrected chi connectivity index (χ2v) is 9.43. The third-order valence-corrected chi connectivity index (χ3v) is 6.41. The summed E-state index contributed by atoms with van der Waals surface area (Å²) in [5, 5.41) is 16.3. The van der Waals surface area contributed by atoms with E-state index in [4.69, 9.17) is 5.26 Å². The van der Waals surface area contributed by atoms with Gasteiger partial charge in [0.05, 0.1) is 35.4 Å². The van der Waals surface area contributed by atoms with E-state index in [0.717, 1.165) is 16.8 Å². The number of carbonyl (C=O) groups excluding carboxylic acids is 1. The second-order valence-electron chi connectivity index (χ2n) is 7.21. The molecule has 1 saturated heterocycles. The van der Waals surface area contributed by atoms with Crippen molar-refractivity contribution >= 4 is 15.7 Å². The summed E-state index contributed by atoms with van der Waals surface area (Å²) >= 11 is 0. The first-order chi connectivity index (χ1) is 13.3. The zero-order valence-electron chi connectivity index (χ0n) is 15.9. The van der Waals surface area contributed by atoms with Crippen LogP contribution in [-0.2, 0) is 28.2 Å². The summed E-state index contributed by atoms with van der Waals surface area (Å²) in [6, 6.07) is 9.02. The van der Waals surface area contributed by atoms with Crippen molar-refractivity contribution in [1.82, 2.24) is 20.0 Å². The molecule has 0 aliphatic carbocycles. The topological polar surface area (TPSA) is 108 Å². The van der Waals surface area contributed by atoms with Crippen molar-refractivity contribution < 1.29 is 13.2 Å². The summed E-state index contributed by atoms with van der Waals surface area (Å²) < 4.78 is 24.7. The van der Waals surface area contributed by atoms with Crippen molar-refractivity contribution in [2.75, 3.05) is 25.1 Å². The molecule has 1 amide bonds. The number of likely N-dealkylation sites (N-methyl/N-ethyl adjacent to an activating group) is 1. The Morgan fingerprint density at radius 2 is 2.11 bits per heavy atom. The molecule has 148 valence electrons. The van der Waals surface area contributed by atoms with E-state index in [1.807, 2.05) is 37.3 Å². The smallest absolute Gasteiger partial charge is 0.234 e. The number of hydrogen-bond donors (Lipinski definition) is 1. The molecule has 28 heavy (non-hydrogen) atoms. The summed E-state index contributed by atoms with van der Waals surface area (Å²) in [6.07, 6.45) is 2.38. The van der Waals surface area contributed by atoms with E-state index in [0.29, 0.717) is 18.5 Å². The summed E-state index contributed by atoms with van der Waals surface area (Å²) in [4.78, 5) is 14.1. The Bertz CT molecular complexity index is 1010. The van der Waals surface area contributed by atoms with E-state index in [9.17, 15) is 13.2 Å². The van der Waals surface area contributed by atoms with Gasteiger partial charge in [-0.2, -0.15) is 10.4 Å². The quantitative estimate of drug-likeness (QED) is 0.763. The Hall–Kier alpha value is -2.70. The van der Waals surface area contributed by atoms with Gasteiger partial charge in [-0.1, -0.05) is 12.1 Å². The van der Waals surface area contributed by atoms with Crippen LogP contribution in [0.1, 0.15) is 17.5 Å². The SMILES string of the molecule is CN(CC(=O)NC1CCS(=O)(=O)C1)Cc1cn(C)nc1-c1ccc(C#N)cc1. The molecule has 0 bridgehead atoms. The van der Waals surface area contributed by atoms with Crippen LogP contribution < -0.4 is 5.32 Å². The number of sulfone groups is 1. The van der Waals surface area contributed by atoms with Gasteiger partial charge in [-0.15, -0.1) is 0 Å². The third kappa shape index (κ3) is 4.97. The Morgan fingerprint density at radius 1 is 1.39 bits per heavy atom. The molecule has 1 aromatic heterocycles. The molecule has 1 aliphatic rings. The summed E-state index contributed by atoms with van der Waals surface area (Å²) in [5.41, 5.74) is 3.26. The van der Waals surface area contributed by atoms with Gasteiger partial charge in [0, 0.05) is 37.0 Å². The molecule has 1 aliphatic heterocycles. The number of rotatable bonds is 6. The molecule has 2 aromatic rings. The molecule has 1 atom stereocenters. The van der Waals surface area contributed by atoms with Crippen LogP contribution in [0.4, 0.5) is 0 Å². The van der Waals surface area contributed by atoms with Crippen molar-refractivity contribution in [3.8, 4) is 17.3 Å². The van der Waals surface area contributed by atoms with Crippen molar-refractivity contribution in [1.29, 1.82) is 5.26 Å². The van der Waals surface area contributed by atoms with Crippen LogP contribution in [0.2, 0.25) is 0 Å². The lowest BCUT2D eigenvalue weighted by atomic mass is 10.1. The molecule has 1 fully saturated rings. The first-order valence-electron chi connectivity index (χ1n) is 8.97. The molecule has 0 spiro atoms. The molecular formula is C19H23N5O3S. The van der Waals surface area contributed by atoms with Crippen LogP contribution in [0, 0.1) is 11.3 Å². The lowest BCUT2D eigenvalue weighted by molar-refractivity contribution is -0.122. The number of nitrogens with one attached hydrogen (secondary N) is 1. The van der Waals surface area contributed by atoms with Crippen molar-refractivity contribution in [3.05, 3.63) is 41.6 Å². The van der Waals surface area contributed by atoms with Crippen LogP contribution in [0.3, 0.4) is 0 Å². The van der Waals surface area contributed by atoms with Crippen LogP contribution in [-0.4, -0.2) is 60.1 Å². The van der Waals surface area contributed by atoms with E-state index >= 15 is 0 Å². The molecule has 9 heteroatoms. The Kier molecular flexibility index (Phi) is 5.82. The number of carbonyl (C=O) groups is 1. The van der Waals surface area contributed by atoms with Gasteiger partial charge in [0.2, 0.25) is 5.91 Å². The predicted molar refractivity (Wildman–Crippen MR) is 105 cm³/mol. The summed E-state index contributed by atoms with van der Waals surface area (Å²) in [5.74, 6) is -0.0286. The Balaban J connectivity index is 1.63.